The van der Waals surface area contributed by atoms with E-state index in [-0.39, 0.29) is 17.3 Å². The molecule has 0 aromatic heterocycles. The van der Waals surface area contributed by atoms with Crippen molar-refractivity contribution < 1.29 is 17.9 Å². The van der Waals surface area contributed by atoms with Gasteiger partial charge in [0.1, 0.15) is 0 Å². The molecule has 1 atom stereocenters. The molecule has 1 aliphatic rings. The van der Waals surface area contributed by atoms with Crippen LogP contribution in [0.4, 0.5) is 0 Å². The summed E-state index contributed by atoms with van der Waals surface area (Å²) >= 11 is 0. The largest absolute Gasteiger partial charge is 0.466 e. The number of rotatable bonds is 5. The summed E-state index contributed by atoms with van der Waals surface area (Å²) in [5.41, 5.74) is 0.634. The summed E-state index contributed by atoms with van der Waals surface area (Å²) < 4.78 is 31.2. The van der Waals surface area contributed by atoms with E-state index in [0.29, 0.717) is 12.2 Å². The van der Waals surface area contributed by atoms with Crippen LogP contribution in [-0.4, -0.2) is 21.0 Å². The monoisotopic (exact) mass is 283 g/mol. The molecule has 1 unspecified atom stereocenters. The molecule has 0 radical (unpaired) electrons. The fourth-order valence-electron chi connectivity index (χ4n) is 2.03. The average Bonchev–Trinajstić information content (AvgIpc) is 2.62. The van der Waals surface area contributed by atoms with E-state index in [0.717, 1.165) is 12.8 Å². The molecule has 0 spiro atoms. The van der Waals surface area contributed by atoms with Crippen LogP contribution in [0.5, 0.6) is 0 Å². The molecule has 104 valence electrons. The lowest BCUT2D eigenvalue weighted by atomic mass is 10.1. The number of benzene rings is 1. The lowest BCUT2D eigenvalue weighted by Gasteiger charge is -2.10. The van der Waals surface area contributed by atoms with Gasteiger partial charge in [-0.15, -0.1) is 0 Å². The summed E-state index contributed by atoms with van der Waals surface area (Å²) in [6, 6.07) is 6.17. The van der Waals surface area contributed by atoms with Crippen LogP contribution in [0.15, 0.2) is 29.2 Å². The topological polar surface area (TPSA) is 72.5 Å². The van der Waals surface area contributed by atoms with E-state index in [1.807, 2.05) is 6.92 Å². The standard InChI is InChI=1S/C13H17NO4S/c1-2-3-8-18-13(15)9-11-10-6-4-5-7-12(10)19(16,17)14-11/h4-7,11,14H,2-3,8-9H2,1H3. The van der Waals surface area contributed by atoms with E-state index in [4.69, 9.17) is 4.74 Å². The summed E-state index contributed by atoms with van der Waals surface area (Å²) in [7, 11) is -3.48. The van der Waals surface area contributed by atoms with Gasteiger partial charge in [0.25, 0.3) is 0 Å². The Hall–Kier alpha value is -1.40. The normalized spacial score (nSPS) is 19.9. The van der Waals surface area contributed by atoms with Crippen LogP contribution in [0.2, 0.25) is 0 Å². The molecular formula is C13H17NO4S. The maximum atomic E-state index is 11.8. The zero-order valence-corrected chi connectivity index (χ0v) is 11.6. The number of sulfonamides is 1. The van der Waals surface area contributed by atoms with E-state index in [1.54, 1.807) is 24.3 Å². The molecular weight excluding hydrogens is 266 g/mol. The zero-order valence-electron chi connectivity index (χ0n) is 10.8. The van der Waals surface area contributed by atoms with Crippen LogP contribution >= 0.6 is 0 Å². The first-order valence-corrected chi connectivity index (χ1v) is 7.80. The predicted octanol–water partition coefficient (Wildman–Crippen LogP) is 1.75. The van der Waals surface area contributed by atoms with Crippen molar-refractivity contribution in [3.05, 3.63) is 29.8 Å². The van der Waals surface area contributed by atoms with Gasteiger partial charge >= 0.3 is 5.97 Å². The molecule has 0 amide bonds. The Kier molecular flexibility index (Phi) is 4.21. The second-order valence-electron chi connectivity index (χ2n) is 4.49. The highest BCUT2D eigenvalue weighted by molar-refractivity contribution is 7.89. The van der Waals surface area contributed by atoms with Gasteiger partial charge in [0.05, 0.1) is 24.0 Å². The van der Waals surface area contributed by atoms with Gasteiger partial charge in [-0.05, 0) is 18.1 Å². The molecule has 6 heteroatoms. The Morgan fingerprint density at radius 1 is 1.37 bits per heavy atom. The van der Waals surface area contributed by atoms with E-state index in [2.05, 4.69) is 4.72 Å². The number of ether oxygens (including phenoxy) is 1. The molecule has 0 fully saturated rings. The number of unbranched alkanes of at least 4 members (excludes halogenated alkanes) is 1. The smallest absolute Gasteiger partial charge is 0.307 e. The van der Waals surface area contributed by atoms with Crippen molar-refractivity contribution in [2.45, 2.75) is 37.1 Å². The van der Waals surface area contributed by atoms with Gasteiger partial charge in [-0.25, -0.2) is 13.1 Å². The van der Waals surface area contributed by atoms with Crippen molar-refractivity contribution in [3.8, 4) is 0 Å². The Bertz CT molecular complexity index is 568. The number of esters is 1. The van der Waals surface area contributed by atoms with Crippen LogP contribution < -0.4 is 4.72 Å². The van der Waals surface area contributed by atoms with Crippen molar-refractivity contribution in [3.63, 3.8) is 0 Å². The molecule has 1 N–H and O–H groups in total. The molecule has 5 nitrogen and oxygen atoms in total. The van der Waals surface area contributed by atoms with Gasteiger partial charge in [0, 0.05) is 0 Å². The summed E-state index contributed by atoms with van der Waals surface area (Å²) in [5.74, 6) is -0.377. The highest BCUT2D eigenvalue weighted by atomic mass is 32.2. The Morgan fingerprint density at radius 3 is 2.84 bits per heavy atom. The highest BCUT2D eigenvalue weighted by Gasteiger charge is 2.34. The number of carbonyl (C=O) groups is 1. The first kappa shape index (κ1) is 14.0. The number of carbonyl (C=O) groups excluding carboxylic acids is 1. The van der Waals surface area contributed by atoms with Crippen molar-refractivity contribution in [2.75, 3.05) is 6.61 Å². The number of hydrogen-bond acceptors (Lipinski definition) is 4. The molecule has 0 bridgehead atoms. The summed E-state index contributed by atoms with van der Waals surface area (Å²) in [6.07, 6.45) is 1.80. The van der Waals surface area contributed by atoms with Crippen molar-refractivity contribution in [2.24, 2.45) is 0 Å². The van der Waals surface area contributed by atoms with Crippen LogP contribution in [-0.2, 0) is 19.6 Å². The highest BCUT2D eigenvalue weighted by Crippen LogP contribution is 2.32. The Labute approximate surface area is 113 Å². The summed E-state index contributed by atoms with van der Waals surface area (Å²) in [6.45, 7) is 2.39. The third kappa shape index (κ3) is 3.13. The van der Waals surface area contributed by atoms with Gasteiger partial charge in [-0.3, -0.25) is 4.79 Å². The van der Waals surface area contributed by atoms with Crippen LogP contribution in [0.3, 0.4) is 0 Å². The minimum absolute atomic E-state index is 0.0277. The molecule has 0 aliphatic carbocycles. The van der Waals surface area contributed by atoms with Crippen molar-refractivity contribution in [1.82, 2.24) is 4.72 Å². The molecule has 0 saturated heterocycles. The minimum Gasteiger partial charge on any atom is -0.466 e. The fraction of sp³-hybridized carbons (Fsp3) is 0.462. The molecule has 1 heterocycles. The van der Waals surface area contributed by atoms with E-state index in [9.17, 15) is 13.2 Å². The molecule has 0 saturated carbocycles. The number of fused-ring (bicyclic) bond motifs is 1. The lowest BCUT2D eigenvalue weighted by Crippen LogP contribution is -2.23. The zero-order chi connectivity index (χ0) is 13.9. The predicted molar refractivity (Wildman–Crippen MR) is 70.0 cm³/mol. The van der Waals surface area contributed by atoms with E-state index >= 15 is 0 Å². The molecule has 1 aromatic rings. The average molecular weight is 283 g/mol. The van der Waals surface area contributed by atoms with Crippen LogP contribution in [0.25, 0.3) is 0 Å². The van der Waals surface area contributed by atoms with Crippen molar-refractivity contribution >= 4 is 16.0 Å². The van der Waals surface area contributed by atoms with E-state index in [1.165, 1.54) is 0 Å². The second-order valence-corrected chi connectivity index (χ2v) is 6.17. The maximum Gasteiger partial charge on any atom is 0.307 e. The third-order valence-corrected chi connectivity index (χ3v) is 4.56. The molecule has 19 heavy (non-hydrogen) atoms. The first-order valence-electron chi connectivity index (χ1n) is 6.31. The number of hydrogen-bond donors (Lipinski definition) is 1. The third-order valence-electron chi connectivity index (χ3n) is 3.01. The van der Waals surface area contributed by atoms with Gasteiger partial charge in [-0.1, -0.05) is 31.5 Å². The lowest BCUT2D eigenvalue weighted by molar-refractivity contribution is -0.144. The Balaban J connectivity index is 2.06. The van der Waals surface area contributed by atoms with Crippen LogP contribution in [0, 0.1) is 0 Å². The summed E-state index contributed by atoms with van der Waals surface area (Å²) in [4.78, 5) is 11.9. The van der Waals surface area contributed by atoms with Crippen LogP contribution in [0.1, 0.15) is 37.8 Å². The first-order chi connectivity index (χ1) is 9.04. The SMILES string of the molecule is CCCCOC(=O)CC1NS(=O)(=O)c2ccccc21. The van der Waals surface area contributed by atoms with E-state index < -0.39 is 16.1 Å². The van der Waals surface area contributed by atoms with Gasteiger partial charge in [0.2, 0.25) is 10.0 Å². The van der Waals surface area contributed by atoms with Gasteiger partial charge in [-0.2, -0.15) is 0 Å². The second kappa shape index (κ2) is 5.71. The summed E-state index contributed by atoms with van der Waals surface area (Å²) in [5, 5.41) is 0. The molecule has 2 rings (SSSR count). The molecule has 1 aliphatic heterocycles. The van der Waals surface area contributed by atoms with Crippen molar-refractivity contribution in [1.29, 1.82) is 0 Å². The maximum absolute atomic E-state index is 11.8. The molecule has 1 aromatic carbocycles. The fourth-order valence-corrected chi connectivity index (χ4v) is 3.53. The quantitative estimate of drug-likeness (QED) is 0.660. The van der Waals surface area contributed by atoms with Gasteiger partial charge in [0.15, 0.2) is 0 Å². The number of nitrogens with one attached hydrogen (secondary N) is 1. The minimum atomic E-state index is -3.48. The van der Waals surface area contributed by atoms with Gasteiger partial charge < -0.3 is 4.74 Å². The Morgan fingerprint density at radius 2 is 2.11 bits per heavy atom.